The Morgan fingerprint density at radius 2 is 0.800 bits per heavy atom. The van der Waals surface area contributed by atoms with Crippen molar-refractivity contribution in [1.29, 1.82) is 0 Å². The van der Waals surface area contributed by atoms with Crippen LogP contribution >= 0.6 is 0 Å². The molecule has 1 aliphatic carbocycles. The third-order valence-corrected chi connectivity index (χ3v) is 9.53. The van der Waals surface area contributed by atoms with Crippen molar-refractivity contribution in [2.45, 2.75) is 65.2 Å². The van der Waals surface area contributed by atoms with Gasteiger partial charge in [0, 0.05) is 25.4 Å². The molecule has 0 bridgehead atoms. The highest BCUT2D eigenvalue weighted by Crippen LogP contribution is 2.34. The zero-order chi connectivity index (χ0) is 51.3. The first-order chi connectivity index (χ1) is 33.7. The van der Waals surface area contributed by atoms with E-state index in [4.69, 9.17) is 56.8 Å². The second kappa shape index (κ2) is 31.6. The van der Waals surface area contributed by atoms with E-state index in [2.05, 4.69) is 13.2 Å². The van der Waals surface area contributed by atoms with Crippen LogP contribution in [0.5, 0.6) is 23.0 Å². The Morgan fingerprint density at radius 1 is 0.457 bits per heavy atom. The second-order valence-electron chi connectivity index (χ2n) is 14.5. The fourth-order valence-electron chi connectivity index (χ4n) is 6.05. The van der Waals surface area contributed by atoms with Crippen LogP contribution in [0.25, 0.3) is 0 Å². The van der Waals surface area contributed by atoms with Gasteiger partial charge in [-0.05, 0) is 75.9 Å². The molecule has 0 radical (unpaired) electrons. The Labute approximate surface area is 402 Å². The van der Waals surface area contributed by atoms with E-state index in [1.807, 2.05) is 0 Å². The van der Waals surface area contributed by atoms with Gasteiger partial charge in [0.25, 0.3) is 0 Å². The highest BCUT2D eigenvalue weighted by Gasteiger charge is 2.33. The van der Waals surface area contributed by atoms with Gasteiger partial charge >= 0.3 is 59.7 Å². The fraction of sp³-hybridized carbons (Fsp3) is 0.458. The summed E-state index contributed by atoms with van der Waals surface area (Å²) < 4.78 is 62.1. The normalized spacial score (nSPS) is 13.8. The summed E-state index contributed by atoms with van der Waals surface area (Å²) in [4.78, 5) is 124. The van der Waals surface area contributed by atoms with Crippen LogP contribution in [0.15, 0.2) is 61.7 Å². The monoisotopic (exact) mass is 984 g/mol. The third kappa shape index (κ3) is 21.2. The van der Waals surface area contributed by atoms with Crippen LogP contribution in [-0.2, 0) is 76.3 Å². The molecule has 3 rings (SSSR count). The van der Waals surface area contributed by atoms with E-state index in [1.54, 1.807) is 13.8 Å². The molecule has 2 aromatic carbocycles. The van der Waals surface area contributed by atoms with E-state index in [-0.39, 0.29) is 126 Å². The maximum Gasteiger partial charge on any atom is 0.342 e. The lowest BCUT2D eigenvalue weighted by Gasteiger charge is -2.26. The number of benzene rings is 2. The number of hydrogen-bond donors (Lipinski definition) is 0. The molecule has 22 nitrogen and oxygen atoms in total. The van der Waals surface area contributed by atoms with E-state index < -0.39 is 84.4 Å². The van der Waals surface area contributed by atoms with Gasteiger partial charge in [-0.2, -0.15) is 0 Å². The number of hydrogen-bond acceptors (Lipinski definition) is 22. The predicted molar refractivity (Wildman–Crippen MR) is 237 cm³/mol. The smallest absolute Gasteiger partial charge is 0.342 e. The predicted octanol–water partition coefficient (Wildman–Crippen LogP) is 4.31. The van der Waals surface area contributed by atoms with Crippen molar-refractivity contribution in [3.63, 3.8) is 0 Å². The van der Waals surface area contributed by atoms with Crippen molar-refractivity contribution in [2.75, 3.05) is 66.1 Å². The molecule has 1 aliphatic rings. The lowest BCUT2D eigenvalue weighted by Crippen LogP contribution is -2.30. The second-order valence-corrected chi connectivity index (χ2v) is 14.5. The van der Waals surface area contributed by atoms with Crippen molar-refractivity contribution < 1.29 is 105 Å². The molecule has 1 saturated carbocycles. The summed E-state index contributed by atoms with van der Waals surface area (Å²) >= 11 is 0. The number of rotatable bonds is 30. The van der Waals surface area contributed by atoms with Crippen LogP contribution in [0.4, 0.5) is 0 Å². The van der Waals surface area contributed by atoms with Gasteiger partial charge in [-0.3, -0.25) is 28.8 Å². The first-order valence-corrected chi connectivity index (χ1v) is 22.2. The van der Waals surface area contributed by atoms with Crippen molar-refractivity contribution in [1.82, 2.24) is 0 Å². The summed E-state index contributed by atoms with van der Waals surface area (Å²) in [5.41, 5.74) is -0.524. The van der Waals surface area contributed by atoms with Crippen molar-refractivity contribution >= 4 is 59.7 Å². The van der Waals surface area contributed by atoms with E-state index in [9.17, 15) is 47.9 Å². The van der Waals surface area contributed by atoms with Gasteiger partial charge in [-0.15, -0.1) is 0 Å². The zero-order valence-electron chi connectivity index (χ0n) is 38.9. The summed E-state index contributed by atoms with van der Waals surface area (Å²) in [6, 6.07) is 7.35. The Balaban J connectivity index is 1.60. The van der Waals surface area contributed by atoms with Gasteiger partial charge in [-0.25, -0.2) is 19.2 Å². The summed E-state index contributed by atoms with van der Waals surface area (Å²) in [5, 5.41) is 0. The van der Waals surface area contributed by atoms with Crippen molar-refractivity contribution in [3.8, 4) is 23.0 Å². The maximum absolute atomic E-state index is 13.3. The SMILES string of the molecule is C=CC(=O)OCCOC(=O)CCC(=O)Oc1ccc(OC(=O)C2CCC(C(=O)Oc3ccc(OC(=O)CCC(=O)OCCOC(=O)C=C)c(C(=O)OCCOCC)c3)CC2)cc1C(=O)OCCOCC. The van der Waals surface area contributed by atoms with E-state index >= 15 is 0 Å². The maximum atomic E-state index is 13.3. The molecule has 0 N–H and O–H groups in total. The highest BCUT2D eigenvalue weighted by atomic mass is 16.6. The minimum atomic E-state index is -0.923. The number of ether oxygens (including phenoxy) is 12. The van der Waals surface area contributed by atoms with Gasteiger partial charge in [-0.1, -0.05) is 13.2 Å². The Hall–Kier alpha value is -7.46. The van der Waals surface area contributed by atoms with Crippen LogP contribution in [0, 0.1) is 11.8 Å². The molecule has 0 aliphatic heterocycles. The van der Waals surface area contributed by atoms with E-state index in [0.717, 1.165) is 24.3 Å². The molecule has 0 amide bonds. The number of carbonyl (C=O) groups is 10. The summed E-state index contributed by atoms with van der Waals surface area (Å²) in [6.45, 7) is 9.70. The van der Waals surface area contributed by atoms with Gasteiger partial charge in [0.1, 0.15) is 73.8 Å². The van der Waals surface area contributed by atoms with Gasteiger partial charge < -0.3 is 56.8 Å². The van der Waals surface area contributed by atoms with Crippen LogP contribution < -0.4 is 18.9 Å². The third-order valence-electron chi connectivity index (χ3n) is 9.53. The molecule has 0 unspecified atom stereocenters. The molecule has 0 heterocycles. The molecular formula is C48H56O22. The fourth-order valence-corrected chi connectivity index (χ4v) is 6.05. The topological polar surface area (TPSA) is 281 Å². The Morgan fingerprint density at radius 3 is 1.16 bits per heavy atom. The molecule has 1 fully saturated rings. The first-order valence-electron chi connectivity index (χ1n) is 22.2. The van der Waals surface area contributed by atoms with Crippen LogP contribution in [0.3, 0.4) is 0 Å². The van der Waals surface area contributed by atoms with Crippen LogP contribution in [0.1, 0.15) is 85.9 Å². The summed E-state index contributed by atoms with van der Waals surface area (Å²) in [5.74, 6) is -9.85. The number of esters is 10. The molecule has 0 aromatic heterocycles. The highest BCUT2D eigenvalue weighted by molar-refractivity contribution is 5.95. The lowest BCUT2D eigenvalue weighted by molar-refractivity contribution is -0.151. The Kier molecular flexibility index (Phi) is 25.6. The average molecular weight is 985 g/mol. The lowest BCUT2D eigenvalue weighted by atomic mass is 9.82. The molecule has 380 valence electrons. The molecule has 0 atom stereocenters. The van der Waals surface area contributed by atoms with Crippen molar-refractivity contribution in [2.24, 2.45) is 11.8 Å². The van der Waals surface area contributed by atoms with Crippen LogP contribution in [0.2, 0.25) is 0 Å². The Bertz CT molecular complexity index is 2020. The minimum Gasteiger partial charge on any atom is -0.462 e. The molecular weight excluding hydrogens is 929 g/mol. The standard InChI is InChI=1S/C48H56O22/c1-5-39(49)61-25-27-63-41(51)17-19-43(53)69-37-15-13-33(29-35(37)47(57)65-23-21-59-7-3)67-45(55)31-9-11-32(12-10-31)46(56)68-34-14-16-38(36(30-34)48(58)66-24-22-60-8-4)70-44(54)20-18-42(52)64-28-26-62-40(50)6-2/h5-6,13-16,29-32H,1-2,7-12,17-28H2,3-4H3. The minimum absolute atomic E-state index is 0.0756. The van der Waals surface area contributed by atoms with Crippen molar-refractivity contribution in [3.05, 3.63) is 72.8 Å². The molecule has 70 heavy (non-hydrogen) atoms. The first kappa shape index (κ1) is 56.9. The zero-order valence-corrected chi connectivity index (χ0v) is 38.9. The molecule has 0 spiro atoms. The van der Waals surface area contributed by atoms with E-state index in [1.165, 1.54) is 24.3 Å². The van der Waals surface area contributed by atoms with Gasteiger partial charge in [0.2, 0.25) is 0 Å². The summed E-state index contributed by atoms with van der Waals surface area (Å²) in [6.07, 6.45) is 1.11. The average Bonchev–Trinajstić information content (AvgIpc) is 3.36. The summed E-state index contributed by atoms with van der Waals surface area (Å²) in [7, 11) is 0. The van der Waals surface area contributed by atoms with Gasteiger partial charge in [0.05, 0.1) is 50.7 Å². The molecule has 0 saturated heterocycles. The van der Waals surface area contributed by atoms with E-state index in [0.29, 0.717) is 13.2 Å². The number of carbonyl (C=O) groups excluding carboxylic acids is 10. The van der Waals surface area contributed by atoms with Gasteiger partial charge in [0.15, 0.2) is 0 Å². The van der Waals surface area contributed by atoms with Crippen LogP contribution in [-0.4, -0.2) is 126 Å². The molecule has 22 heteroatoms. The largest absolute Gasteiger partial charge is 0.462 e. The quantitative estimate of drug-likeness (QED) is 0.0346. The molecule has 2 aromatic rings.